The predicted octanol–water partition coefficient (Wildman–Crippen LogP) is 1.68. The lowest BCUT2D eigenvalue weighted by Gasteiger charge is -2.15. The fourth-order valence-corrected chi connectivity index (χ4v) is 1.95. The zero-order valence-electron chi connectivity index (χ0n) is 8.95. The van der Waals surface area contributed by atoms with Crippen molar-refractivity contribution in [3.05, 3.63) is 29.1 Å². The molecule has 1 aromatic rings. The molecule has 2 rings (SSSR count). The van der Waals surface area contributed by atoms with Gasteiger partial charge < -0.3 is 4.74 Å². The molecule has 0 aliphatic heterocycles. The minimum atomic E-state index is -0.224. The Bertz CT molecular complexity index is 374. The van der Waals surface area contributed by atoms with Gasteiger partial charge in [0.05, 0.1) is 19.2 Å². The number of carbonyl (C=O) groups excluding carboxylic acids is 1. The molecule has 3 nitrogen and oxygen atoms in total. The van der Waals surface area contributed by atoms with Gasteiger partial charge in [0.2, 0.25) is 0 Å². The Morgan fingerprint density at radius 2 is 2.20 bits per heavy atom. The van der Waals surface area contributed by atoms with E-state index in [2.05, 4.69) is 15.8 Å². The highest BCUT2D eigenvalue weighted by Crippen LogP contribution is 2.19. The quantitative estimate of drug-likeness (QED) is 0.689. The van der Waals surface area contributed by atoms with Gasteiger partial charge in [0.25, 0.3) is 0 Å². The smallest absolute Gasteiger partial charge is 0.311 e. The van der Waals surface area contributed by atoms with Gasteiger partial charge in [-0.15, -0.1) is 0 Å². The van der Waals surface area contributed by atoms with Crippen molar-refractivity contribution < 1.29 is 9.53 Å². The summed E-state index contributed by atoms with van der Waals surface area (Å²) in [7, 11) is 1.40. The maximum atomic E-state index is 11.1. The third-order valence-corrected chi connectivity index (χ3v) is 2.79. The molecule has 80 valence electrons. The van der Waals surface area contributed by atoms with Gasteiger partial charge in [-0.2, -0.15) is 0 Å². The van der Waals surface area contributed by atoms with Crippen molar-refractivity contribution >= 4 is 5.97 Å². The zero-order valence-corrected chi connectivity index (χ0v) is 8.95. The van der Waals surface area contributed by atoms with Crippen molar-refractivity contribution in [1.82, 2.24) is 4.98 Å². The number of ether oxygens (including phenoxy) is 1. The molecule has 0 spiro atoms. The van der Waals surface area contributed by atoms with Crippen LogP contribution >= 0.6 is 0 Å². The van der Waals surface area contributed by atoms with E-state index in [9.17, 15) is 4.79 Å². The number of aryl methyl sites for hydroxylation is 2. The SMILES string of the molecule is COC(=O)Cc1ccc2c(n1)CCCC2. The number of aromatic nitrogens is 1. The molecule has 0 atom stereocenters. The number of hydrogen-bond donors (Lipinski definition) is 0. The van der Waals surface area contributed by atoms with Gasteiger partial charge in [0.1, 0.15) is 0 Å². The van der Waals surface area contributed by atoms with Crippen molar-refractivity contribution in [2.45, 2.75) is 32.1 Å². The van der Waals surface area contributed by atoms with E-state index in [1.807, 2.05) is 6.07 Å². The van der Waals surface area contributed by atoms with E-state index in [4.69, 9.17) is 0 Å². The van der Waals surface area contributed by atoms with E-state index in [1.165, 1.54) is 31.2 Å². The topological polar surface area (TPSA) is 39.2 Å². The lowest BCUT2D eigenvalue weighted by atomic mass is 9.96. The van der Waals surface area contributed by atoms with Crippen LogP contribution in [0.3, 0.4) is 0 Å². The summed E-state index contributed by atoms with van der Waals surface area (Å²) in [5, 5.41) is 0. The van der Waals surface area contributed by atoms with E-state index in [0.717, 1.165) is 18.5 Å². The van der Waals surface area contributed by atoms with Gasteiger partial charge in [-0.05, 0) is 37.3 Å². The average molecular weight is 205 g/mol. The second-order valence-corrected chi connectivity index (χ2v) is 3.87. The standard InChI is InChI=1S/C12H15NO2/c1-15-12(14)8-10-7-6-9-4-2-3-5-11(9)13-10/h6-7H,2-5,8H2,1H3. The Hall–Kier alpha value is -1.38. The van der Waals surface area contributed by atoms with Gasteiger partial charge in [-0.3, -0.25) is 9.78 Å². The van der Waals surface area contributed by atoms with Crippen LogP contribution in [0.1, 0.15) is 29.8 Å². The number of fused-ring (bicyclic) bond motifs is 1. The Balaban J connectivity index is 2.17. The van der Waals surface area contributed by atoms with Crippen molar-refractivity contribution in [1.29, 1.82) is 0 Å². The number of pyridine rings is 1. The summed E-state index contributed by atoms with van der Waals surface area (Å²) in [6, 6.07) is 4.03. The first-order chi connectivity index (χ1) is 7.29. The monoisotopic (exact) mass is 205 g/mol. The van der Waals surface area contributed by atoms with Crippen LogP contribution in [0.25, 0.3) is 0 Å². The highest BCUT2D eigenvalue weighted by atomic mass is 16.5. The maximum absolute atomic E-state index is 11.1. The fourth-order valence-electron chi connectivity index (χ4n) is 1.95. The van der Waals surface area contributed by atoms with E-state index in [1.54, 1.807) is 0 Å². The third kappa shape index (κ3) is 2.35. The van der Waals surface area contributed by atoms with Crippen LogP contribution in [0, 0.1) is 0 Å². The Morgan fingerprint density at radius 3 is 3.00 bits per heavy atom. The second-order valence-electron chi connectivity index (χ2n) is 3.87. The van der Waals surface area contributed by atoms with Crippen LogP contribution in [-0.2, 0) is 28.8 Å². The third-order valence-electron chi connectivity index (χ3n) is 2.79. The molecule has 1 heterocycles. The van der Waals surface area contributed by atoms with E-state index in [0.29, 0.717) is 0 Å². The molecule has 0 fully saturated rings. The van der Waals surface area contributed by atoms with Crippen molar-refractivity contribution in [2.24, 2.45) is 0 Å². The molecule has 15 heavy (non-hydrogen) atoms. The van der Waals surface area contributed by atoms with Crippen LogP contribution in [0.2, 0.25) is 0 Å². The van der Waals surface area contributed by atoms with Gasteiger partial charge >= 0.3 is 5.97 Å². The van der Waals surface area contributed by atoms with Crippen LogP contribution in [0.4, 0.5) is 0 Å². The molecule has 0 unspecified atom stereocenters. The van der Waals surface area contributed by atoms with Crippen LogP contribution in [-0.4, -0.2) is 18.1 Å². The van der Waals surface area contributed by atoms with Crippen LogP contribution in [0.15, 0.2) is 12.1 Å². The molecular weight excluding hydrogens is 190 g/mol. The molecule has 1 aliphatic rings. The number of esters is 1. The molecule has 0 aromatic carbocycles. The normalized spacial score (nSPS) is 14.5. The predicted molar refractivity (Wildman–Crippen MR) is 56.6 cm³/mol. The van der Waals surface area contributed by atoms with Crippen molar-refractivity contribution in [3.8, 4) is 0 Å². The fraction of sp³-hybridized carbons (Fsp3) is 0.500. The molecule has 3 heteroatoms. The first kappa shape index (κ1) is 10.1. The van der Waals surface area contributed by atoms with Crippen molar-refractivity contribution in [2.75, 3.05) is 7.11 Å². The molecule has 0 saturated carbocycles. The highest BCUT2D eigenvalue weighted by Gasteiger charge is 2.12. The molecule has 0 bridgehead atoms. The average Bonchev–Trinajstić information content (AvgIpc) is 2.29. The largest absolute Gasteiger partial charge is 0.469 e. The lowest BCUT2D eigenvalue weighted by molar-refractivity contribution is -0.139. The minimum absolute atomic E-state index is 0.224. The number of methoxy groups -OCH3 is 1. The Morgan fingerprint density at radius 1 is 1.40 bits per heavy atom. The van der Waals surface area contributed by atoms with Gasteiger partial charge in [0.15, 0.2) is 0 Å². The molecule has 0 radical (unpaired) electrons. The first-order valence-corrected chi connectivity index (χ1v) is 5.34. The molecular formula is C12H15NO2. The second kappa shape index (κ2) is 4.43. The summed E-state index contributed by atoms with van der Waals surface area (Å²) in [5.74, 6) is -0.224. The van der Waals surface area contributed by atoms with E-state index >= 15 is 0 Å². The first-order valence-electron chi connectivity index (χ1n) is 5.34. The van der Waals surface area contributed by atoms with E-state index in [-0.39, 0.29) is 12.4 Å². The van der Waals surface area contributed by atoms with Gasteiger partial charge in [0, 0.05) is 5.69 Å². The van der Waals surface area contributed by atoms with Gasteiger partial charge in [-0.1, -0.05) is 6.07 Å². The molecule has 1 aromatic heterocycles. The molecule has 1 aliphatic carbocycles. The van der Waals surface area contributed by atoms with Crippen LogP contribution < -0.4 is 0 Å². The minimum Gasteiger partial charge on any atom is -0.469 e. The number of rotatable bonds is 2. The lowest BCUT2D eigenvalue weighted by Crippen LogP contribution is -2.10. The summed E-state index contributed by atoms with van der Waals surface area (Å²) in [4.78, 5) is 15.6. The Kier molecular flexibility index (Phi) is 2.99. The Labute approximate surface area is 89.5 Å². The highest BCUT2D eigenvalue weighted by molar-refractivity contribution is 5.71. The van der Waals surface area contributed by atoms with Crippen molar-refractivity contribution in [3.63, 3.8) is 0 Å². The molecule has 0 amide bonds. The summed E-state index contributed by atoms with van der Waals surface area (Å²) in [5.41, 5.74) is 3.33. The summed E-state index contributed by atoms with van der Waals surface area (Å²) in [6.07, 6.45) is 4.92. The maximum Gasteiger partial charge on any atom is 0.311 e. The summed E-state index contributed by atoms with van der Waals surface area (Å²) < 4.78 is 4.62. The zero-order chi connectivity index (χ0) is 10.7. The number of carbonyl (C=O) groups is 1. The number of hydrogen-bond acceptors (Lipinski definition) is 3. The number of nitrogens with zero attached hydrogens (tertiary/aromatic N) is 1. The molecule has 0 N–H and O–H groups in total. The van der Waals surface area contributed by atoms with Gasteiger partial charge in [-0.25, -0.2) is 0 Å². The summed E-state index contributed by atoms with van der Waals surface area (Å²) in [6.45, 7) is 0. The summed E-state index contributed by atoms with van der Waals surface area (Å²) >= 11 is 0. The molecule has 0 saturated heterocycles. The van der Waals surface area contributed by atoms with E-state index < -0.39 is 0 Å². The van der Waals surface area contributed by atoms with Crippen LogP contribution in [0.5, 0.6) is 0 Å².